The van der Waals surface area contributed by atoms with Gasteiger partial charge >= 0.3 is 10.5 Å². The second kappa shape index (κ2) is 7.05. The number of hydrogen-bond acceptors (Lipinski definition) is 5. The number of aryl methyl sites for hydroxylation is 1. The van der Waals surface area contributed by atoms with Crippen LogP contribution in [0, 0.1) is 6.92 Å². The molecule has 122 valence electrons. The van der Waals surface area contributed by atoms with Crippen molar-refractivity contribution in [2.45, 2.75) is 13.3 Å². The zero-order chi connectivity index (χ0) is 17.0. The summed E-state index contributed by atoms with van der Waals surface area (Å²) in [7, 11) is -5.06. The number of carbonyl (C=O) groups excluding carboxylic acids is 1. The summed E-state index contributed by atoms with van der Waals surface area (Å²) in [5, 5.41) is 2.63. The van der Waals surface area contributed by atoms with Crippen molar-refractivity contribution in [3.8, 4) is 5.75 Å². The Bertz CT molecular complexity index is 805. The van der Waals surface area contributed by atoms with Gasteiger partial charge < -0.3 is 9.50 Å². The molecule has 0 unspecified atom stereocenters. The Morgan fingerprint density at radius 2 is 1.96 bits per heavy atom. The minimum absolute atomic E-state index is 0.0807. The monoisotopic (exact) mass is 402 g/mol. The Balaban J connectivity index is 2.00. The predicted molar refractivity (Wildman–Crippen MR) is 86.1 cm³/mol. The summed E-state index contributed by atoms with van der Waals surface area (Å²) in [6.45, 7) is 1.82. The van der Waals surface area contributed by atoms with Gasteiger partial charge in [-0.2, -0.15) is 8.42 Å². The summed E-state index contributed by atoms with van der Waals surface area (Å²) in [4.78, 5) is 16.2. The molecule has 6 nitrogen and oxygen atoms in total. The van der Waals surface area contributed by atoms with E-state index >= 15 is 0 Å². The van der Waals surface area contributed by atoms with E-state index in [1.165, 1.54) is 24.3 Å². The normalized spacial score (nSPS) is 11.1. The van der Waals surface area contributed by atoms with Crippen molar-refractivity contribution < 1.29 is 21.3 Å². The van der Waals surface area contributed by atoms with Crippen molar-refractivity contribution in [2.24, 2.45) is 0 Å². The number of hydrogen-bond donors (Lipinski definition) is 1. The quantitative estimate of drug-likeness (QED) is 0.776. The summed E-state index contributed by atoms with van der Waals surface area (Å²) in [5.41, 5.74) is 1.82. The standard InChI is InChI=1S/C14H12BrFN2O4S/c1-9-6-10(15)7-12(17-9)8-14(19)18-11-2-4-13(5-3-11)22-23(16,20)21/h2-7H,8H2,1H3,(H,18,19). The Hall–Kier alpha value is -2.00. The zero-order valence-corrected chi connectivity index (χ0v) is 14.3. The molecule has 2 aromatic rings. The first-order valence-electron chi connectivity index (χ1n) is 6.38. The van der Waals surface area contributed by atoms with E-state index in [1.54, 1.807) is 6.07 Å². The van der Waals surface area contributed by atoms with Crippen molar-refractivity contribution >= 4 is 38.0 Å². The highest BCUT2D eigenvalue weighted by Gasteiger charge is 2.10. The number of halogens is 2. The first-order valence-corrected chi connectivity index (χ1v) is 8.48. The third kappa shape index (κ3) is 5.95. The molecule has 0 atom stereocenters. The van der Waals surface area contributed by atoms with Crippen molar-refractivity contribution in [2.75, 3.05) is 5.32 Å². The minimum Gasteiger partial charge on any atom is -0.358 e. The van der Waals surface area contributed by atoms with Gasteiger partial charge in [-0.05, 0) is 43.3 Å². The molecule has 1 heterocycles. The molecule has 0 spiro atoms. The molecular formula is C14H12BrFN2O4S. The van der Waals surface area contributed by atoms with Gasteiger partial charge in [-0.25, -0.2) is 0 Å². The maximum atomic E-state index is 12.4. The largest absolute Gasteiger partial charge is 0.488 e. The van der Waals surface area contributed by atoms with Gasteiger partial charge in [0.05, 0.1) is 12.1 Å². The van der Waals surface area contributed by atoms with E-state index in [9.17, 15) is 17.1 Å². The van der Waals surface area contributed by atoms with E-state index in [1.807, 2.05) is 13.0 Å². The molecule has 23 heavy (non-hydrogen) atoms. The lowest BCUT2D eigenvalue weighted by Gasteiger charge is -2.07. The number of anilines is 1. The van der Waals surface area contributed by atoms with E-state index in [0.717, 1.165) is 10.2 Å². The van der Waals surface area contributed by atoms with Crippen molar-refractivity contribution in [1.82, 2.24) is 4.98 Å². The number of rotatable bonds is 5. The van der Waals surface area contributed by atoms with Gasteiger partial charge in [0.15, 0.2) is 0 Å². The van der Waals surface area contributed by atoms with Gasteiger partial charge in [0.25, 0.3) is 0 Å². The molecule has 1 amide bonds. The molecule has 0 aliphatic rings. The van der Waals surface area contributed by atoms with Crippen LogP contribution in [0.2, 0.25) is 0 Å². The highest BCUT2D eigenvalue weighted by Crippen LogP contribution is 2.18. The summed E-state index contributed by atoms with van der Waals surface area (Å²) < 4.78 is 38.0. The smallest absolute Gasteiger partial charge is 0.358 e. The Labute approximate surface area is 141 Å². The van der Waals surface area contributed by atoms with Crippen molar-refractivity contribution in [3.63, 3.8) is 0 Å². The van der Waals surface area contributed by atoms with Gasteiger partial charge in [-0.3, -0.25) is 9.78 Å². The molecule has 0 radical (unpaired) electrons. The van der Waals surface area contributed by atoms with E-state index < -0.39 is 10.5 Å². The molecule has 0 fully saturated rings. The summed E-state index contributed by atoms with van der Waals surface area (Å²) in [6.07, 6.45) is 0.0807. The number of nitrogens with one attached hydrogen (secondary N) is 1. The van der Waals surface area contributed by atoms with Gasteiger partial charge in [-0.15, -0.1) is 0 Å². The molecule has 1 aromatic carbocycles. The van der Waals surface area contributed by atoms with Crippen molar-refractivity contribution in [1.29, 1.82) is 0 Å². The topological polar surface area (TPSA) is 85.4 Å². The number of amides is 1. The maximum Gasteiger partial charge on any atom is 0.488 e. The Kier molecular flexibility index (Phi) is 5.32. The van der Waals surface area contributed by atoms with E-state index in [0.29, 0.717) is 11.4 Å². The van der Waals surface area contributed by atoms with Crippen LogP contribution >= 0.6 is 15.9 Å². The molecular weight excluding hydrogens is 391 g/mol. The number of pyridine rings is 1. The summed E-state index contributed by atoms with van der Waals surface area (Å²) >= 11 is 3.34. The molecule has 0 saturated carbocycles. The highest BCUT2D eigenvalue weighted by molar-refractivity contribution is 9.10. The van der Waals surface area contributed by atoms with E-state index in [4.69, 9.17) is 0 Å². The summed E-state index contributed by atoms with van der Waals surface area (Å²) in [6, 6.07) is 8.84. The average molecular weight is 403 g/mol. The predicted octanol–water partition coefficient (Wildman–Crippen LogP) is 2.93. The molecule has 9 heteroatoms. The van der Waals surface area contributed by atoms with Gasteiger partial charge in [0.2, 0.25) is 5.91 Å². The molecule has 0 aliphatic heterocycles. The maximum absolute atomic E-state index is 12.4. The first kappa shape index (κ1) is 17.4. The first-order chi connectivity index (χ1) is 10.7. The Morgan fingerprint density at radius 1 is 1.30 bits per heavy atom. The molecule has 1 N–H and O–H groups in total. The number of aromatic nitrogens is 1. The number of benzene rings is 1. The fourth-order valence-corrected chi connectivity index (χ4v) is 2.80. The van der Waals surface area contributed by atoms with E-state index in [-0.39, 0.29) is 18.1 Å². The van der Waals surface area contributed by atoms with Crippen LogP contribution in [-0.2, 0) is 21.7 Å². The fraction of sp³-hybridized carbons (Fsp3) is 0.143. The van der Waals surface area contributed by atoms with E-state index in [2.05, 4.69) is 30.4 Å². The average Bonchev–Trinajstić information content (AvgIpc) is 2.38. The van der Waals surface area contributed by atoms with Crippen LogP contribution in [0.3, 0.4) is 0 Å². The van der Waals surface area contributed by atoms with Gasteiger partial charge in [-0.1, -0.05) is 19.8 Å². The lowest BCUT2D eigenvalue weighted by Crippen LogP contribution is -2.15. The second-order valence-corrected chi connectivity index (χ2v) is 6.51. The van der Waals surface area contributed by atoms with Crippen LogP contribution in [0.4, 0.5) is 9.57 Å². The third-order valence-electron chi connectivity index (χ3n) is 2.65. The lowest BCUT2D eigenvalue weighted by atomic mass is 10.2. The molecule has 0 saturated heterocycles. The highest BCUT2D eigenvalue weighted by atomic mass is 79.9. The molecule has 1 aromatic heterocycles. The molecule has 0 aliphatic carbocycles. The van der Waals surface area contributed by atoms with Crippen LogP contribution in [0.1, 0.15) is 11.4 Å². The number of carbonyl (C=O) groups is 1. The van der Waals surface area contributed by atoms with Crippen LogP contribution < -0.4 is 9.50 Å². The summed E-state index contributed by atoms with van der Waals surface area (Å²) in [5.74, 6) is -0.475. The van der Waals surface area contributed by atoms with Crippen LogP contribution in [0.25, 0.3) is 0 Å². The lowest BCUT2D eigenvalue weighted by molar-refractivity contribution is -0.115. The Morgan fingerprint density at radius 3 is 2.52 bits per heavy atom. The second-order valence-electron chi connectivity index (χ2n) is 4.64. The van der Waals surface area contributed by atoms with Crippen molar-refractivity contribution in [3.05, 3.63) is 52.3 Å². The van der Waals surface area contributed by atoms with Crippen LogP contribution in [-0.4, -0.2) is 19.3 Å². The zero-order valence-electron chi connectivity index (χ0n) is 11.9. The third-order valence-corrected chi connectivity index (χ3v) is 3.50. The molecule has 2 rings (SSSR count). The number of nitrogens with zero attached hydrogens (tertiary/aromatic N) is 1. The van der Waals surface area contributed by atoms with Gasteiger partial charge in [0, 0.05) is 15.9 Å². The molecule has 0 bridgehead atoms. The fourth-order valence-electron chi connectivity index (χ4n) is 1.86. The van der Waals surface area contributed by atoms with Crippen LogP contribution in [0.15, 0.2) is 40.9 Å². The van der Waals surface area contributed by atoms with Gasteiger partial charge in [0.1, 0.15) is 5.75 Å². The SMILES string of the molecule is Cc1cc(Br)cc(CC(=O)Nc2ccc(OS(=O)(=O)F)cc2)n1. The van der Waals surface area contributed by atoms with Crippen LogP contribution in [0.5, 0.6) is 5.75 Å². The minimum atomic E-state index is -5.06.